The number of piperidine rings is 1. The van der Waals surface area contributed by atoms with Gasteiger partial charge in [-0.05, 0) is 39.7 Å². The zero-order valence-corrected chi connectivity index (χ0v) is 14.6. The third kappa shape index (κ3) is 3.75. The lowest BCUT2D eigenvalue weighted by molar-refractivity contribution is 0.0493. The van der Waals surface area contributed by atoms with Crippen LogP contribution in [0.15, 0.2) is 6.20 Å². The van der Waals surface area contributed by atoms with E-state index in [0.29, 0.717) is 17.8 Å². The normalized spacial score (nSPS) is 23.2. The summed E-state index contributed by atoms with van der Waals surface area (Å²) in [6.45, 7) is 10.7. The molecule has 1 aromatic rings. The molecule has 0 spiro atoms. The number of hydrogen-bond donors (Lipinski definition) is 1. The number of aromatic nitrogens is 2. The summed E-state index contributed by atoms with van der Waals surface area (Å²) in [5.41, 5.74) is 0.937. The molecule has 2 fully saturated rings. The van der Waals surface area contributed by atoms with Crippen LogP contribution in [0.25, 0.3) is 0 Å². The molecule has 6 heteroatoms. The van der Waals surface area contributed by atoms with Crippen molar-refractivity contribution >= 4 is 5.91 Å². The van der Waals surface area contributed by atoms with E-state index in [0.717, 1.165) is 31.6 Å². The molecule has 23 heavy (non-hydrogen) atoms. The van der Waals surface area contributed by atoms with Crippen LogP contribution in [0.5, 0.6) is 0 Å². The van der Waals surface area contributed by atoms with Gasteiger partial charge >= 0.3 is 0 Å². The summed E-state index contributed by atoms with van der Waals surface area (Å²) < 4.78 is 0. The number of imidazole rings is 1. The molecule has 1 N–H and O–H groups in total. The SMILES string of the molecule is Cc1cnc(C(=O)N2CCC([C@H](C)N3CCN(C)CC3)CC2)[nH]1. The number of rotatable bonds is 3. The number of nitrogens with one attached hydrogen (secondary N) is 1. The van der Waals surface area contributed by atoms with Crippen LogP contribution in [0.2, 0.25) is 0 Å². The summed E-state index contributed by atoms with van der Waals surface area (Å²) in [5, 5.41) is 0. The summed E-state index contributed by atoms with van der Waals surface area (Å²) in [4.78, 5) is 26.6. The minimum absolute atomic E-state index is 0.0452. The average Bonchev–Trinajstić information content (AvgIpc) is 3.01. The molecule has 3 heterocycles. The largest absolute Gasteiger partial charge is 0.338 e. The third-order valence-corrected chi connectivity index (χ3v) is 5.53. The summed E-state index contributed by atoms with van der Waals surface area (Å²) in [6, 6.07) is 0.617. The van der Waals surface area contributed by atoms with Gasteiger partial charge in [0, 0.05) is 57.2 Å². The van der Waals surface area contributed by atoms with E-state index in [-0.39, 0.29) is 5.91 Å². The molecule has 1 amide bonds. The minimum atomic E-state index is 0.0452. The zero-order chi connectivity index (χ0) is 16.4. The first kappa shape index (κ1) is 16.5. The molecular weight excluding hydrogens is 290 g/mol. The van der Waals surface area contributed by atoms with Crippen molar-refractivity contribution in [3.8, 4) is 0 Å². The van der Waals surface area contributed by atoms with Gasteiger partial charge in [-0.15, -0.1) is 0 Å². The molecule has 2 saturated heterocycles. The molecule has 0 unspecified atom stereocenters. The average molecular weight is 319 g/mol. The lowest BCUT2D eigenvalue weighted by atomic mass is 9.89. The van der Waals surface area contributed by atoms with Crippen LogP contribution >= 0.6 is 0 Å². The Balaban J connectivity index is 1.51. The molecule has 0 radical (unpaired) electrons. The highest BCUT2D eigenvalue weighted by Crippen LogP contribution is 2.25. The van der Waals surface area contributed by atoms with Crippen molar-refractivity contribution in [2.24, 2.45) is 5.92 Å². The van der Waals surface area contributed by atoms with Crippen molar-refractivity contribution in [1.82, 2.24) is 24.7 Å². The maximum Gasteiger partial charge on any atom is 0.289 e. The predicted molar refractivity (Wildman–Crippen MR) is 90.5 cm³/mol. The van der Waals surface area contributed by atoms with Crippen LogP contribution in [-0.4, -0.2) is 82.9 Å². The Morgan fingerprint density at radius 3 is 2.43 bits per heavy atom. The van der Waals surface area contributed by atoms with Gasteiger partial charge in [0.2, 0.25) is 0 Å². The number of likely N-dealkylation sites (tertiary alicyclic amines) is 1. The second-order valence-electron chi connectivity index (χ2n) is 7.12. The van der Waals surface area contributed by atoms with Crippen molar-refractivity contribution in [3.63, 3.8) is 0 Å². The van der Waals surface area contributed by atoms with Crippen LogP contribution < -0.4 is 0 Å². The number of aromatic amines is 1. The standard InChI is InChI=1S/C17H29N5O/c1-13-12-18-16(19-13)17(23)22-6-4-15(5-7-22)14(2)21-10-8-20(3)9-11-21/h12,14-15H,4-11H2,1-3H3,(H,18,19)/t14-/m0/s1. The number of nitrogens with zero attached hydrogens (tertiary/aromatic N) is 4. The van der Waals surface area contributed by atoms with Gasteiger partial charge in [0.1, 0.15) is 0 Å². The van der Waals surface area contributed by atoms with Gasteiger partial charge in [-0.25, -0.2) is 4.98 Å². The number of amides is 1. The summed E-state index contributed by atoms with van der Waals surface area (Å²) in [7, 11) is 2.20. The number of H-pyrrole nitrogens is 1. The van der Waals surface area contributed by atoms with E-state index in [1.165, 1.54) is 26.2 Å². The van der Waals surface area contributed by atoms with E-state index < -0.39 is 0 Å². The maximum atomic E-state index is 12.4. The van der Waals surface area contributed by atoms with Gasteiger partial charge in [0.25, 0.3) is 5.91 Å². The molecule has 0 saturated carbocycles. The van der Waals surface area contributed by atoms with Crippen molar-refractivity contribution in [1.29, 1.82) is 0 Å². The first-order valence-electron chi connectivity index (χ1n) is 8.78. The molecule has 2 aliphatic rings. The Bertz CT molecular complexity index is 527. The van der Waals surface area contributed by atoms with E-state index in [1.807, 2.05) is 11.8 Å². The summed E-state index contributed by atoms with van der Waals surface area (Å²) in [6.07, 6.45) is 3.91. The van der Waals surface area contributed by atoms with Crippen LogP contribution in [0.1, 0.15) is 36.1 Å². The number of piperazine rings is 1. The molecular formula is C17H29N5O. The lowest BCUT2D eigenvalue weighted by Crippen LogP contribution is -2.52. The van der Waals surface area contributed by atoms with Gasteiger partial charge in [0.05, 0.1) is 0 Å². The van der Waals surface area contributed by atoms with Crippen LogP contribution in [0.3, 0.4) is 0 Å². The fraction of sp³-hybridized carbons (Fsp3) is 0.765. The molecule has 0 aliphatic carbocycles. The van der Waals surface area contributed by atoms with Crippen molar-refractivity contribution < 1.29 is 4.79 Å². The fourth-order valence-electron chi connectivity index (χ4n) is 3.78. The number of aryl methyl sites for hydroxylation is 1. The van der Waals surface area contributed by atoms with Crippen LogP contribution in [-0.2, 0) is 0 Å². The molecule has 0 aromatic carbocycles. The quantitative estimate of drug-likeness (QED) is 0.910. The minimum Gasteiger partial charge on any atom is -0.338 e. The van der Waals surface area contributed by atoms with E-state index in [4.69, 9.17) is 0 Å². The summed E-state index contributed by atoms with van der Waals surface area (Å²) in [5.74, 6) is 1.22. The van der Waals surface area contributed by atoms with Gasteiger partial charge in [-0.1, -0.05) is 0 Å². The van der Waals surface area contributed by atoms with Crippen LogP contribution in [0, 0.1) is 12.8 Å². The van der Waals surface area contributed by atoms with Crippen molar-refractivity contribution in [2.45, 2.75) is 32.7 Å². The highest BCUT2D eigenvalue weighted by molar-refractivity contribution is 5.90. The molecule has 3 rings (SSSR count). The van der Waals surface area contributed by atoms with Crippen LogP contribution in [0.4, 0.5) is 0 Å². The molecule has 128 valence electrons. The van der Waals surface area contributed by atoms with Crippen molar-refractivity contribution in [2.75, 3.05) is 46.3 Å². The second kappa shape index (κ2) is 7.01. The smallest absolute Gasteiger partial charge is 0.289 e. The number of hydrogen-bond acceptors (Lipinski definition) is 4. The van der Waals surface area contributed by atoms with Gasteiger partial charge in [-0.2, -0.15) is 0 Å². The number of likely N-dealkylation sites (N-methyl/N-ethyl adjacent to an activating group) is 1. The predicted octanol–water partition coefficient (Wildman–Crippen LogP) is 1.21. The Kier molecular flexibility index (Phi) is 5.02. The van der Waals surface area contributed by atoms with E-state index in [9.17, 15) is 4.79 Å². The van der Waals surface area contributed by atoms with Gasteiger partial charge in [-0.3, -0.25) is 9.69 Å². The molecule has 1 aromatic heterocycles. The molecule has 0 bridgehead atoms. The van der Waals surface area contributed by atoms with Gasteiger partial charge < -0.3 is 14.8 Å². The monoisotopic (exact) mass is 319 g/mol. The fourth-order valence-corrected chi connectivity index (χ4v) is 3.78. The maximum absolute atomic E-state index is 12.4. The first-order valence-corrected chi connectivity index (χ1v) is 8.78. The first-order chi connectivity index (χ1) is 11.0. The zero-order valence-electron chi connectivity index (χ0n) is 14.6. The van der Waals surface area contributed by atoms with E-state index in [1.54, 1.807) is 6.20 Å². The second-order valence-corrected chi connectivity index (χ2v) is 7.12. The Hall–Kier alpha value is -1.40. The van der Waals surface area contributed by atoms with E-state index >= 15 is 0 Å². The lowest BCUT2D eigenvalue weighted by Gasteiger charge is -2.42. The third-order valence-electron chi connectivity index (χ3n) is 5.53. The highest BCUT2D eigenvalue weighted by Gasteiger charge is 2.31. The van der Waals surface area contributed by atoms with E-state index in [2.05, 4.69) is 33.7 Å². The number of carbonyl (C=O) groups excluding carboxylic acids is 1. The Morgan fingerprint density at radius 1 is 1.22 bits per heavy atom. The molecule has 6 nitrogen and oxygen atoms in total. The Labute approximate surface area is 138 Å². The highest BCUT2D eigenvalue weighted by atomic mass is 16.2. The Morgan fingerprint density at radius 2 is 1.87 bits per heavy atom. The molecule has 1 atom stereocenters. The topological polar surface area (TPSA) is 55.5 Å². The van der Waals surface area contributed by atoms with Crippen molar-refractivity contribution in [3.05, 3.63) is 17.7 Å². The van der Waals surface area contributed by atoms with Gasteiger partial charge in [0.15, 0.2) is 5.82 Å². The summed E-state index contributed by atoms with van der Waals surface area (Å²) >= 11 is 0. The number of carbonyl (C=O) groups is 1. The molecule has 2 aliphatic heterocycles.